The molecule has 0 bridgehead atoms. The van der Waals surface area contributed by atoms with Crippen molar-refractivity contribution in [2.75, 3.05) is 11.5 Å². The highest BCUT2D eigenvalue weighted by molar-refractivity contribution is 7.91. The Bertz CT molecular complexity index is 486. The van der Waals surface area contributed by atoms with Gasteiger partial charge in [-0.2, -0.15) is 0 Å². The lowest BCUT2D eigenvalue weighted by Crippen LogP contribution is -2.09. The Morgan fingerprint density at radius 3 is 2.44 bits per heavy atom. The Morgan fingerprint density at radius 2 is 1.83 bits per heavy atom. The Balaban J connectivity index is 2.63. The zero-order valence-corrected chi connectivity index (χ0v) is 11.5. The van der Waals surface area contributed by atoms with Crippen LogP contribution in [0.4, 0.5) is 10.1 Å². The Kier molecular flexibility index (Phi) is 5.59. The first-order chi connectivity index (χ1) is 8.47. The molecule has 0 aliphatic heterocycles. The monoisotopic (exact) mass is 273 g/mol. The summed E-state index contributed by atoms with van der Waals surface area (Å²) < 4.78 is 37.3. The highest BCUT2D eigenvalue weighted by Gasteiger charge is 2.18. The lowest BCUT2D eigenvalue weighted by molar-refractivity contribution is 0.562. The van der Waals surface area contributed by atoms with Gasteiger partial charge in [-0.05, 0) is 24.6 Å². The zero-order valence-electron chi connectivity index (χ0n) is 10.7. The van der Waals surface area contributed by atoms with Crippen molar-refractivity contribution < 1.29 is 12.8 Å². The van der Waals surface area contributed by atoms with E-state index in [0.29, 0.717) is 6.42 Å². The number of hydrogen-bond donors (Lipinski definition) is 1. The van der Waals surface area contributed by atoms with Gasteiger partial charge in [0.25, 0.3) is 0 Å². The van der Waals surface area contributed by atoms with E-state index in [-0.39, 0.29) is 16.3 Å². The molecule has 102 valence electrons. The molecule has 0 aromatic heterocycles. The first kappa shape index (κ1) is 15.0. The maximum Gasteiger partial charge on any atom is 0.181 e. The van der Waals surface area contributed by atoms with Crippen molar-refractivity contribution in [1.82, 2.24) is 0 Å². The van der Waals surface area contributed by atoms with E-state index in [1.54, 1.807) is 0 Å². The number of nitrogens with two attached hydrogens (primary N) is 1. The summed E-state index contributed by atoms with van der Waals surface area (Å²) in [6.45, 7) is 2.10. The first-order valence-electron chi connectivity index (χ1n) is 6.25. The summed E-state index contributed by atoms with van der Waals surface area (Å²) in [5, 5.41) is 0. The summed E-state index contributed by atoms with van der Waals surface area (Å²) in [6.07, 6.45) is 4.68. The van der Waals surface area contributed by atoms with Crippen molar-refractivity contribution in [3.05, 3.63) is 24.0 Å². The van der Waals surface area contributed by atoms with Gasteiger partial charge >= 0.3 is 0 Å². The molecule has 0 amide bonds. The second-order valence-corrected chi connectivity index (χ2v) is 6.50. The van der Waals surface area contributed by atoms with Gasteiger partial charge in [0.05, 0.1) is 5.75 Å². The van der Waals surface area contributed by atoms with Gasteiger partial charge in [0.2, 0.25) is 0 Å². The lowest BCUT2D eigenvalue weighted by atomic mass is 10.2. The molecule has 5 heteroatoms. The molecular weight excluding hydrogens is 253 g/mol. The summed E-state index contributed by atoms with van der Waals surface area (Å²) in [4.78, 5) is -0.243. The standard InChI is InChI=1S/C13H20FNO2S/c1-2-3-4-5-6-9-18(16,17)13-8-7-11(15)10-12(13)14/h7-8,10H,2-6,9,15H2,1H3. The van der Waals surface area contributed by atoms with Crippen LogP contribution >= 0.6 is 0 Å². The summed E-state index contributed by atoms with van der Waals surface area (Å²) in [5.41, 5.74) is 5.62. The molecule has 0 fully saturated rings. The Hall–Kier alpha value is -1.10. The molecule has 0 radical (unpaired) electrons. The number of nitrogen functional groups attached to an aromatic ring is 1. The van der Waals surface area contributed by atoms with Gasteiger partial charge in [0.15, 0.2) is 9.84 Å². The molecule has 2 N–H and O–H groups in total. The predicted octanol–water partition coefficient (Wildman–Crippen LogP) is 3.15. The normalized spacial score (nSPS) is 11.7. The first-order valence-corrected chi connectivity index (χ1v) is 7.90. The molecule has 0 saturated carbocycles. The maximum atomic E-state index is 13.5. The highest BCUT2D eigenvalue weighted by Crippen LogP contribution is 2.19. The van der Waals surface area contributed by atoms with Gasteiger partial charge in [0, 0.05) is 5.69 Å². The number of hydrogen-bond acceptors (Lipinski definition) is 3. The summed E-state index contributed by atoms with van der Waals surface area (Å²) in [7, 11) is -3.53. The van der Waals surface area contributed by atoms with E-state index >= 15 is 0 Å². The number of unbranched alkanes of at least 4 members (excludes halogenated alkanes) is 4. The molecule has 3 nitrogen and oxygen atoms in total. The van der Waals surface area contributed by atoms with E-state index < -0.39 is 15.7 Å². The van der Waals surface area contributed by atoms with Gasteiger partial charge in [0.1, 0.15) is 10.7 Å². The van der Waals surface area contributed by atoms with Crippen molar-refractivity contribution in [2.24, 2.45) is 0 Å². The van der Waals surface area contributed by atoms with Crippen molar-refractivity contribution in [3.63, 3.8) is 0 Å². The molecule has 0 spiro atoms. The molecule has 0 saturated heterocycles. The van der Waals surface area contributed by atoms with Crippen LogP contribution in [0.25, 0.3) is 0 Å². The minimum atomic E-state index is -3.53. The van der Waals surface area contributed by atoms with Gasteiger partial charge < -0.3 is 5.73 Å². The van der Waals surface area contributed by atoms with Gasteiger partial charge in [-0.1, -0.05) is 32.6 Å². The van der Waals surface area contributed by atoms with E-state index in [9.17, 15) is 12.8 Å². The van der Waals surface area contributed by atoms with Gasteiger partial charge in [-0.3, -0.25) is 0 Å². The molecule has 18 heavy (non-hydrogen) atoms. The fourth-order valence-corrected chi connectivity index (χ4v) is 3.21. The highest BCUT2D eigenvalue weighted by atomic mass is 32.2. The zero-order chi connectivity index (χ0) is 13.6. The van der Waals surface area contributed by atoms with Crippen molar-refractivity contribution in [3.8, 4) is 0 Å². The largest absolute Gasteiger partial charge is 0.399 e. The minimum Gasteiger partial charge on any atom is -0.399 e. The van der Waals surface area contributed by atoms with E-state index in [2.05, 4.69) is 6.92 Å². The molecule has 0 heterocycles. The Labute approximate surface area is 108 Å². The van der Waals surface area contributed by atoms with E-state index in [1.807, 2.05) is 0 Å². The predicted molar refractivity (Wildman–Crippen MR) is 71.6 cm³/mol. The maximum absolute atomic E-state index is 13.5. The van der Waals surface area contributed by atoms with E-state index in [0.717, 1.165) is 31.7 Å². The van der Waals surface area contributed by atoms with Gasteiger partial charge in [-0.15, -0.1) is 0 Å². The van der Waals surface area contributed by atoms with Crippen LogP contribution in [0.2, 0.25) is 0 Å². The summed E-state index contributed by atoms with van der Waals surface area (Å²) >= 11 is 0. The van der Waals surface area contributed by atoms with Crippen LogP contribution in [0.3, 0.4) is 0 Å². The van der Waals surface area contributed by atoms with Crippen molar-refractivity contribution in [2.45, 2.75) is 43.9 Å². The molecule has 0 aliphatic rings. The summed E-state index contributed by atoms with van der Waals surface area (Å²) in [5.74, 6) is -0.763. The summed E-state index contributed by atoms with van der Waals surface area (Å²) in [6, 6.07) is 3.70. The Morgan fingerprint density at radius 1 is 1.17 bits per heavy atom. The average molecular weight is 273 g/mol. The van der Waals surface area contributed by atoms with Crippen LogP contribution in [0.15, 0.2) is 23.1 Å². The van der Waals surface area contributed by atoms with E-state index in [4.69, 9.17) is 5.73 Å². The van der Waals surface area contributed by atoms with Crippen LogP contribution in [0, 0.1) is 5.82 Å². The van der Waals surface area contributed by atoms with Crippen LogP contribution in [-0.4, -0.2) is 14.2 Å². The van der Waals surface area contributed by atoms with Crippen LogP contribution in [0.5, 0.6) is 0 Å². The molecular formula is C13H20FNO2S. The van der Waals surface area contributed by atoms with Crippen LogP contribution in [0.1, 0.15) is 39.0 Å². The third kappa shape index (κ3) is 4.29. The number of benzene rings is 1. The smallest absolute Gasteiger partial charge is 0.181 e. The fraction of sp³-hybridized carbons (Fsp3) is 0.538. The lowest BCUT2D eigenvalue weighted by Gasteiger charge is -2.06. The van der Waals surface area contributed by atoms with Crippen molar-refractivity contribution >= 4 is 15.5 Å². The van der Waals surface area contributed by atoms with Crippen LogP contribution < -0.4 is 5.73 Å². The molecule has 1 aromatic carbocycles. The average Bonchev–Trinajstić information content (AvgIpc) is 2.28. The van der Waals surface area contributed by atoms with Gasteiger partial charge in [-0.25, -0.2) is 12.8 Å². The fourth-order valence-electron chi connectivity index (χ4n) is 1.77. The molecule has 0 atom stereocenters. The quantitative estimate of drug-likeness (QED) is 0.613. The topological polar surface area (TPSA) is 60.2 Å². The second kappa shape index (κ2) is 6.73. The molecule has 0 unspecified atom stereocenters. The molecule has 1 aromatic rings. The van der Waals surface area contributed by atoms with Crippen molar-refractivity contribution in [1.29, 1.82) is 0 Å². The van der Waals surface area contributed by atoms with Crippen LogP contribution in [-0.2, 0) is 9.84 Å². The third-order valence-corrected chi connectivity index (χ3v) is 4.63. The number of halogens is 1. The van der Waals surface area contributed by atoms with E-state index in [1.165, 1.54) is 12.1 Å². The number of rotatable bonds is 7. The number of sulfone groups is 1. The minimum absolute atomic E-state index is 0.00243. The molecule has 1 rings (SSSR count). The SMILES string of the molecule is CCCCCCCS(=O)(=O)c1ccc(N)cc1F. The third-order valence-electron chi connectivity index (χ3n) is 2.81. The molecule has 0 aliphatic carbocycles. The second-order valence-electron chi connectivity index (χ2n) is 4.42. The number of anilines is 1.